The molecule has 1 heterocycles. The third kappa shape index (κ3) is 2.10. The van der Waals surface area contributed by atoms with Crippen LogP contribution in [0.25, 0.3) is 0 Å². The third-order valence-corrected chi connectivity index (χ3v) is 1.61. The van der Waals surface area contributed by atoms with Crippen LogP contribution in [0, 0.1) is 11.5 Å². The topological polar surface area (TPSA) is 57.8 Å². The van der Waals surface area contributed by atoms with E-state index in [0.717, 1.165) is 13.1 Å². The van der Waals surface area contributed by atoms with E-state index in [1.165, 1.54) is 7.11 Å². The molecular formula is C7H11N3O2. The smallest absolute Gasteiger partial charge is 0.302 e. The lowest BCUT2D eigenvalue weighted by atomic mass is 10.4. The lowest BCUT2D eigenvalue weighted by molar-refractivity contribution is 0.0580. The number of amidine groups is 1. The highest BCUT2D eigenvalue weighted by molar-refractivity contribution is 5.74. The Kier molecular flexibility index (Phi) is 3.35. The molecule has 5 heteroatoms. The van der Waals surface area contributed by atoms with Crippen LogP contribution in [0.3, 0.4) is 0 Å². The van der Waals surface area contributed by atoms with Crippen LogP contribution in [0.2, 0.25) is 0 Å². The van der Waals surface area contributed by atoms with Crippen molar-refractivity contribution in [1.29, 1.82) is 5.26 Å². The van der Waals surface area contributed by atoms with Gasteiger partial charge in [-0.15, -0.1) is 4.99 Å². The van der Waals surface area contributed by atoms with Gasteiger partial charge in [0, 0.05) is 13.1 Å². The molecule has 0 spiro atoms. The molecule has 0 unspecified atom stereocenters. The summed E-state index contributed by atoms with van der Waals surface area (Å²) in [6.45, 7) is 2.78. The van der Waals surface area contributed by atoms with Gasteiger partial charge in [0.15, 0.2) is 0 Å². The average Bonchev–Trinajstić information content (AvgIpc) is 2.15. The molecule has 1 fully saturated rings. The molecule has 12 heavy (non-hydrogen) atoms. The molecule has 0 radical (unpaired) electrons. The van der Waals surface area contributed by atoms with Crippen molar-refractivity contribution < 1.29 is 9.47 Å². The maximum atomic E-state index is 8.32. The summed E-state index contributed by atoms with van der Waals surface area (Å²) in [5, 5.41) is 8.32. The van der Waals surface area contributed by atoms with Crippen molar-refractivity contribution in [3.05, 3.63) is 0 Å². The first kappa shape index (κ1) is 8.81. The number of rotatable bonds is 0. The van der Waals surface area contributed by atoms with Crippen molar-refractivity contribution in [2.75, 3.05) is 33.4 Å². The van der Waals surface area contributed by atoms with E-state index in [4.69, 9.17) is 14.7 Å². The van der Waals surface area contributed by atoms with Crippen molar-refractivity contribution in [2.24, 2.45) is 4.99 Å². The number of nitriles is 1. The Morgan fingerprint density at radius 2 is 2.25 bits per heavy atom. The Morgan fingerprint density at radius 1 is 1.58 bits per heavy atom. The monoisotopic (exact) mass is 169 g/mol. The molecule has 1 aliphatic heterocycles. The number of morpholine rings is 1. The predicted octanol–water partition coefficient (Wildman–Crippen LogP) is -0.198. The molecule has 1 saturated heterocycles. The molecule has 66 valence electrons. The van der Waals surface area contributed by atoms with Crippen LogP contribution in [0.1, 0.15) is 0 Å². The Morgan fingerprint density at radius 3 is 2.75 bits per heavy atom. The molecule has 5 nitrogen and oxygen atoms in total. The normalized spacial score (nSPS) is 18.7. The van der Waals surface area contributed by atoms with Crippen molar-refractivity contribution in [1.82, 2.24) is 4.90 Å². The van der Waals surface area contributed by atoms with Crippen LogP contribution in [-0.2, 0) is 9.47 Å². The summed E-state index contributed by atoms with van der Waals surface area (Å²) in [6.07, 6.45) is 1.70. The number of hydrogen-bond acceptors (Lipinski definition) is 4. The number of aliphatic imine (C=N–C) groups is 1. The van der Waals surface area contributed by atoms with Gasteiger partial charge >= 0.3 is 6.02 Å². The van der Waals surface area contributed by atoms with Gasteiger partial charge in [-0.1, -0.05) is 0 Å². The van der Waals surface area contributed by atoms with Crippen LogP contribution in [-0.4, -0.2) is 44.3 Å². The Bertz CT molecular complexity index is 203. The van der Waals surface area contributed by atoms with Gasteiger partial charge in [0.05, 0.1) is 20.3 Å². The summed E-state index contributed by atoms with van der Waals surface area (Å²) in [4.78, 5) is 5.42. The molecule has 1 rings (SSSR count). The number of nitrogens with zero attached hydrogens (tertiary/aromatic N) is 3. The highest BCUT2D eigenvalue weighted by Crippen LogP contribution is 1.98. The van der Waals surface area contributed by atoms with Gasteiger partial charge < -0.3 is 14.4 Å². The first-order valence-electron chi connectivity index (χ1n) is 3.72. The number of methoxy groups -OCH3 is 1. The van der Waals surface area contributed by atoms with Gasteiger partial charge in [-0.2, -0.15) is 5.26 Å². The first-order chi connectivity index (χ1) is 5.88. The van der Waals surface area contributed by atoms with E-state index in [-0.39, 0.29) is 0 Å². The SMILES string of the molecule is CO/C(=N\C#N)N1CCOCC1. The second kappa shape index (κ2) is 4.57. The number of hydrogen-bond donors (Lipinski definition) is 0. The molecule has 0 amide bonds. The largest absolute Gasteiger partial charge is 0.468 e. The Labute approximate surface area is 71.2 Å². The van der Waals surface area contributed by atoms with Gasteiger partial charge in [0.25, 0.3) is 0 Å². The fraction of sp³-hybridized carbons (Fsp3) is 0.714. The van der Waals surface area contributed by atoms with E-state index in [9.17, 15) is 0 Å². The predicted molar refractivity (Wildman–Crippen MR) is 42.4 cm³/mol. The van der Waals surface area contributed by atoms with Crippen LogP contribution < -0.4 is 0 Å². The van der Waals surface area contributed by atoms with E-state index in [1.54, 1.807) is 6.19 Å². The van der Waals surface area contributed by atoms with Crippen molar-refractivity contribution in [3.8, 4) is 6.19 Å². The molecule has 0 saturated carbocycles. The number of ether oxygens (including phenoxy) is 2. The molecule has 0 aliphatic carbocycles. The highest BCUT2D eigenvalue weighted by atomic mass is 16.5. The first-order valence-corrected chi connectivity index (χ1v) is 3.72. The van der Waals surface area contributed by atoms with Crippen LogP contribution in [0.4, 0.5) is 0 Å². The van der Waals surface area contributed by atoms with Gasteiger partial charge in [0.1, 0.15) is 0 Å². The average molecular weight is 169 g/mol. The summed E-state index contributed by atoms with van der Waals surface area (Å²) in [6, 6.07) is 0.376. The summed E-state index contributed by atoms with van der Waals surface area (Å²) in [7, 11) is 1.51. The van der Waals surface area contributed by atoms with Crippen LogP contribution in [0.5, 0.6) is 0 Å². The van der Waals surface area contributed by atoms with Gasteiger partial charge in [-0.05, 0) is 0 Å². The molecule has 0 aromatic heterocycles. The molecule has 0 N–H and O–H groups in total. The lowest BCUT2D eigenvalue weighted by Crippen LogP contribution is -2.41. The van der Waals surface area contributed by atoms with E-state index in [2.05, 4.69) is 4.99 Å². The molecule has 0 aromatic rings. The minimum Gasteiger partial charge on any atom is -0.468 e. The zero-order valence-electron chi connectivity index (χ0n) is 6.99. The summed E-state index contributed by atoms with van der Waals surface area (Å²) in [5.41, 5.74) is 0. The standard InChI is InChI=1S/C7H11N3O2/c1-11-7(9-6-8)10-2-4-12-5-3-10/h2-5H2,1H3/b9-7-. The summed E-state index contributed by atoms with van der Waals surface area (Å²) in [5.74, 6) is 0. The maximum Gasteiger partial charge on any atom is 0.302 e. The Balaban J connectivity index is 2.53. The minimum absolute atomic E-state index is 0.376. The van der Waals surface area contributed by atoms with Crippen LogP contribution >= 0.6 is 0 Å². The minimum atomic E-state index is 0.376. The molecular weight excluding hydrogens is 158 g/mol. The quantitative estimate of drug-likeness (QED) is 0.286. The zero-order valence-corrected chi connectivity index (χ0v) is 6.99. The van der Waals surface area contributed by atoms with Gasteiger partial charge in [-0.3, -0.25) is 0 Å². The van der Waals surface area contributed by atoms with E-state index in [0.29, 0.717) is 19.2 Å². The van der Waals surface area contributed by atoms with Crippen LogP contribution in [0.15, 0.2) is 4.99 Å². The fourth-order valence-electron chi connectivity index (χ4n) is 1.04. The van der Waals surface area contributed by atoms with Gasteiger partial charge in [-0.25, -0.2) is 0 Å². The zero-order chi connectivity index (χ0) is 8.81. The second-order valence-electron chi connectivity index (χ2n) is 2.30. The highest BCUT2D eigenvalue weighted by Gasteiger charge is 2.14. The van der Waals surface area contributed by atoms with Gasteiger partial charge in [0.2, 0.25) is 6.19 Å². The lowest BCUT2D eigenvalue weighted by Gasteiger charge is -2.27. The van der Waals surface area contributed by atoms with Crippen molar-refractivity contribution >= 4 is 6.02 Å². The fourth-order valence-corrected chi connectivity index (χ4v) is 1.04. The van der Waals surface area contributed by atoms with E-state index >= 15 is 0 Å². The second-order valence-corrected chi connectivity index (χ2v) is 2.30. The maximum absolute atomic E-state index is 8.32. The van der Waals surface area contributed by atoms with E-state index < -0.39 is 0 Å². The molecule has 0 aromatic carbocycles. The van der Waals surface area contributed by atoms with Crippen molar-refractivity contribution in [3.63, 3.8) is 0 Å². The van der Waals surface area contributed by atoms with E-state index in [1.807, 2.05) is 4.90 Å². The summed E-state index contributed by atoms with van der Waals surface area (Å²) < 4.78 is 10.1. The molecule has 0 atom stereocenters. The molecule has 1 aliphatic rings. The molecule has 0 bridgehead atoms. The van der Waals surface area contributed by atoms with Crippen molar-refractivity contribution in [2.45, 2.75) is 0 Å². The Hall–Kier alpha value is -1.28. The third-order valence-electron chi connectivity index (χ3n) is 1.61. The summed E-state index contributed by atoms with van der Waals surface area (Å²) >= 11 is 0.